The van der Waals surface area contributed by atoms with Crippen LogP contribution in [0.5, 0.6) is 0 Å². The zero-order valence-electron chi connectivity index (χ0n) is 19.6. The van der Waals surface area contributed by atoms with Crippen molar-refractivity contribution in [3.63, 3.8) is 0 Å². The monoisotopic (exact) mass is 460 g/mol. The molecule has 0 bridgehead atoms. The molecule has 0 unspecified atom stereocenters. The van der Waals surface area contributed by atoms with Gasteiger partial charge in [0.2, 0.25) is 5.91 Å². The van der Waals surface area contributed by atoms with Gasteiger partial charge in [-0.3, -0.25) is 28.4 Å². The van der Waals surface area contributed by atoms with Gasteiger partial charge in [-0.1, -0.05) is 61.7 Å². The summed E-state index contributed by atoms with van der Waals surface area (Å²) in [7, 11) is 0. The number of carbonyl (C=O) groups is 1. The molecule has 7 nitrogen and oxygen atoms in total. The molecule has 0 atom stereocenters. The normalized spacial score (nSPS) is 17.8. The minimum absolute atomic E-state index is 0.101. The fourth-order valence-corrected chi connectivity index (χ4v) is 5.47. The first-order chi connectivity index (χ1) is 16.6. The Morgan fingerprint density at radius 3 is 2.00 bits per heavy atom. The van der Waals surface area contributed by atoms with E-state index in [4.69, 9.17) is 0 Å². The van der Waals surface area contributed by atoms with E-state index in [9.17, 15) is 14.4 Å². The summed E-state index contributed by atoms with van der Waals surface area (Å²) in [6.45, 7) is 3.31. The molecule has 2 fully saturated rings. The van der Waals surface area contributed by atoms with Crippen LogP contribution in [0.25, 0.3) is 11.0 Å². The molecule has 2 aliphatic rings. The number of carbonyl (C=O) groups excluding carboxylic acids is 1. The number of para-hydroxylation sites is 2. The fourth-order valence-electron chi connectivity index (χ4n) is 5.47. The number of hydrogen-bond donors (Lipinski definition) is 0. The van der Waals surface area contributed by atoms with Gasteiger partial charge in [-0.05, 0) is 30.5 Å². The summed E-state index contributed by atoms with van der Waals surface area (Å²) in [6, 6.07) is 17.6. The fraction of sp³-hybridized carbons (Fsp3) is 0.444. The molecule has 1 aliphatic heterocycles. The summed E-state index contributed by atoms with van der Waals surface area (Å²) >= 11 is 0. The number of amides is 1. The number of aromatic nitrogens is 2. The van der Waals surface area contributed by atoms with Crippen LogP contribution in [0.15, 0.2) is 64.2 Å². The van der Waals surface area contributed by atoms with Gasteiger partial charge in [0.05, 0.1) is 17.6 Å². The minimum Gasteiger partial charge on any atom is -0.339 e. The Labute approximate surface area is 199 Å². The average molecular weight is 461 g/mol. The molecule has 3 aromatic rings. The zero-order chi connectivity index (χ0) is 23.5. The Bertz CT molecular complexity index is 1270. The molecule has 7 heteroatoms. The van der Waals surface area contributed by atoms with E-state index in [0.29, 0.717) is 36.7 Å². The Morgan fingerprint density at radius 1 is 0.735 bits per heavy atom. The van der Waals surface area contributed by atoms with E-state index in [1.165, 1.54) is 41.2 Å². The van der Waals surface area contributed by atoms with Crippen molar-refractivity contribution in [2.75, 3.05) is 26.2 Å². The summed E-state index contributed by atoms with van der Waals surface area (Å²) < 4.78 is 2.87. The molecule has 178 valence electrons. The number of rotatable bonds is 5. The van der Waals surface area contributed by atoms with Crippen LogP contribution in [0.4, 0.5) is 0 Å². The van der Waals surface area contributed by atoms with Crippen LogP contribution < -0.4 is 11.1 Å². The number of fused-ring (bicyclic) bond motifs is 1. The van der Waals surface area contributed by atoms with Crippen molar-refractivity contribution in [1.29, 1.82) is 0 Å². The predicted octanol–water partition coefficient (Wildman–Crippen LogP) is 2.69. The SMILES string of the molecule is O=C(Cn1c(=O)c(=O)n(Cc2ccccc2)c2ccccc21)N1CCN(C2CCCCC2)CC1. The summed E-state index contributed by atoms with van der Waals surface area (Å²) in [6.07, 6.45) is 6.45. The molecular weight excluding hydrogens is 428 g/mol. The molecule has 1 aliphatic carbocycles. The van der Waals surface area contributed by atoms with E-state index in [1.54, 1.807) is 0 Å². The molecule has 2 aromatic carbocycles. The molecule has 1 saturated heterocycles. The second kappa shape index (κ2) is 9.97. The average Bonchev–Trinajstić information content (AvgIpc) is 2.90. The lowest BCUT2D eigenvalue weighted by Gasteiger charge is -2.40. The van der Waals surface area contributed by atoms with Crippen molar-refractivity contribution in [3.05, 3.63) is 80.9 Å². The Balaban J connectivity index is 1.36. The highest BCUT2D eigenvalue weighted by molar-refractivity contribution is 5.80. The standard InChI is InChI=1S/C27H32N4O3/c32-25(29-17-15-28(16-18-29)22-11-5-2-6-12-22)20-31-24-14-8-7-13-23(24)30(26(33)27(31)34)19-21-9-3-1-4-10-21/h1,3-4,7-10,13-14,22H,2,5-6,11-12,15-20H2. The Hall–Kier alpha value is -3.19. The largest absolute Gasteiger partial charge is 0.339 e. The van der Waals surface area contributed by atoms with Crippen LogP contribution in [0.1, 0.15) is 37.7 Å². The topological polar surface area (TPSA) is 67.5 Å². The lowest BCUT2D eigenvalue weighted by Crippen LogP contribution is -2.53. The third-order valence-electron chi connectivity index (χ3n) is 7.37. The van der Waals surface area contributed by atoms with Crippen LogP contribution in [-0.2, 0) is 17.9 Å². The highest BCUT2D eigenvalue weighted by atomic mass is 16.2. The molecule has 0 N–H and O–H groups in total. The van der Waals surface area contributed by atoms with Crippen molar-refractivity contribution in [1.82, 2.24) is 18.9 Å². The lowest BCUT2D eigenvalue weighted by atomic mass is 9.94. The molecule has 1 aromatic heterocycles. The van der Waals surface area contributed by atoms with E-state index in [0.717, 1.165) is 18.7 Å². The maximum atomic E-state index is 13.2. The first-order valence-electron chi connectivity index (χ1n) is 12.4. The van der Waals surface area contributed by atoms with Gasteiger partial charge in [0.25, 0.3) is 0 Å². The van der Waals surface area contributed by atoms with Crippen molar-refractivity contribution in [2.45, 2.75) is 51.2 Å². The highest BCUT2D eigenvalue weighted by Gasteiger charge is 2.27. The van der Waals surface area contributed by atoms with Crippen LogP contribution in [-0.4, -0.2) is 57.1 Å². The Kier molecular flexibility index (Phi) is 6.63. The van der Waals surface area contributed by atoms with E-state index in [-0.39, 0.29) is 12.5 Å². The van der Waals surface area contributed by atoms with Crippen molar-refractivity contribution < 1.29 is 4.79 Å². The van der Waals surface area contributed by atoms with Crippen LogP contribution >= 0.6 is 0 Å². The third kappa shape index (κ3) is 4.57. The molecule has 1 saturated carbocycles. The summed E-state index contributed by atoms with van der Waals surface area (Å²) in [5.74, 6) is -0.101. The highest BCUT2D eigenvalue weighted by Crippen LogP contribution is 2.23. The molecular formula is C27H32N4O3. The van der Waals surface area contributed by atoms with Crippen molar-refractivity contribution in [2.24, 2.45) is 0 Å². The summed E-state index contributed by atoms with van der Waals surface area (Å²) in [4.78, 5) is 43.7. The van der Waals surface area contributed by atoms with Crippen molar-refractivity contribution in [3.8, 4) is 0 Å². The maximum Gasteiger partial charge on any atom is 0.317 e. The molecule has 34 heavy (non-hydrogen) atoms. The number of benzene rings is 2. The zero-order valence-corrected chi connectivity index (χ0v) is 19.6. The van der Waals surface area contributed by atoms with Gasteiger partial charge < -0.3 is 4.90 Å². The van der Waals surface area contributed by atoms with E-state index in [2.05, 4.69) is 4.90 Å². The molecule has 0 radical (unpaired) electrons. The van der Waals surface area contributed by atoms with Crippen molar-refractivity contribution >= 4 is 16.9 Å². The molecule has 0 spiro atoms. The van der Waals surface area contributed by atoms with Gasteiger partial charge in [0.15, 0.2) is 0 Å². The first-order valence-corrected chi connectivity index (χ1v) is 12.4. The molecule has 1 amide bonds. The van der Waals surface area contributed by atoms with Crippen LogP contribution in [0.2, 0.25) is 0 Å². The quantitative estimate of drug-likeness (QED) is 0.549. The molecule has 2 heterocycles. The lowest BCUT2D eigenvalue weighted by molar-refractivity contribution is -0.134. The van der Waals surface area contributed by atoms with E-state index in [1.807, 2.05) is 59.5 Å². The summed E-state index contributed by atoms with van der Waals surface area (Å²) in [5, 5.41) is 0. The number of hydrogen-bond acceptors (Lipinski definition) is 4. The van der Waals surface area contributed by atoms with Crippen LogP contribution in [0, 0.1) is 0 Å². The number of nitrogens with zero attached hydrogens (tertiary/aromatic N) is 4. The van der Waals surface area contributed by atoms with E-state index < -0.39 is 11.1 Å². The maximum absolute atomic E-state index is 13.2. The van der Waals surface area contributed by atoms with Gasteiger partial charge in [0, 0.05) is 32.2 Å². The summed E-state index contributed by atoms with van der Waals surface area (Å²) in [5.41, 5.74) is 0.961. The van der Waals surface area contributed by atoms with Gasteiger partial charge in [-0.25, -0.2) is 0 Å². The smallest absolute Gasteiger partial charge is 0.317 e. The minimum atomic E-state index is -0.649. The van der Waals surface area contributed by atoms with Crippen LogP contribution in [0.3, 0.4) is 0 Å². The van der Waals surface area contributed by atoms with Gasteiger partial charge in [0.1, 0.15) is 6.54 Å². The van der Waals surface area contributed by atoms with Gasteiger partial charge in [-0.2, -0.15) is 0 Å². The first kappa shape index (κ1) is 22.6. The van der Waals surface area contributed by atoms with E-state index >= 15 is 0 Å². The van der Waals surface area contributed by atoms with Gasteiger partial charge >= 0.3 is 11.1 Å². The van der Waals surface area contributed by atoms with Gasteiger partial charge in [-0.15, -0.1) is 0 Å². The second-order valence-electron chi connectivity index (χ2n) is 9.47. The second-order valence-corrected chi connectivity index (χ2v) is 9.47. The molecule has 5 rings (SSSR count). The predicted molar refractivity (Wildman–Crippen MR) is 133 cm³/mol. The third-order valence-corrected chi connectivity index (χ3v) is 7.37. The Morgan fingerprint density at radius 2 is 1.32 bits per heavy atom. The number of piperazine rings is 1.